The van der Waals surface area contributed by atoms with E-state index in [1.807, 2.05) is 62.9 Å². The highest BCUT2D eigenvalue weighted by Crippen LogP contribution is 2.59. The van der Waals surface area contributed by atoms with Crippen LogP contribution in [0.3, 0.4) is 0 Å². The van der Waals surface area contributed by atoms with Crippen LogP contribution in [0.2, 0.25) is 0 Å². The van der Waals surface area contributed by atoms with Crippen molar-refractivity contribution in [2.24, 2.45) is 23.2 Å². The normalized spacial score (nSPS) is 22.9. The number of alkyl carbamates (subject to hydrolysis) is 2. The number of hydrogen-bond donors (Lipinski definition) is 4. The molecule has 2 saturated carbocycles. The van der Waals surface area contributed by atoms with Gasteiger partial charge >= 0.3 is 12.2 Å². The Bertz CT molecular complexity index is 2740. The van der Waals surface area contributed by atoms with Crippen LogP contribution in [0.1, 0.15) is 101 Å². The SMILES string of the molecule is COC(=O)NC(C(=O)N1CC2(CC2)C[C@H]1c1ncc(-c2ccc3c(c2)C(F)(F)c2cc(-c4ccc5cc([C@@H]6[C@H]7CC[C@H](C7)N6C(=O)C(NC(=O)OC)C(C)C)[nH]c5c4)ccc2-3)[nH]1)C(C)C. The van der Waals surface area contributed by atoms with Gasteiger partial charge in [0.1, 0.15) is 17.9 Å². The number of alkyl halides is 2. The minimum atomic E-state index is -3.27. The van der Waals surface area contributed by atoms with Crippen LogP contribution in [0.15, 0.2) is 66.9 Å². The number of imidazole rings is 1. The van der Waals surface area contributed by atoms with Crippen molar-refractivity contribution in [1.82, 2.24) is 35.4 Å². The lowest BCUT2D eigenvalue weighted by atomic mass is 9.94. The first-order chi connectivity index (χ1) is 31.1. The van der Waals surface area contributed by atoms with Crippen molar-refractivity contribution in [2.75, 3.05) is 20.8 Å². The summed E-state index contributed by atoms with van der Waals surface area (Å²) in [7, 11) is 2.55. The van der Waals surface area contributed by atoms with Crippen LogP contribution in [-0.4, -0.2) is 87.6 Å². The summed E-state index contributed by atoms with van der Waals surface area (Å²) in [6.07, 6.45) is 5.89. The van der Waals surface area contributed by atoms with Gasteiger partial charge in [0.15, 0.2) is 0 Å². The summed E-state index contributed by atoms with van der Waals surface area (Å²) in [6, 6.07) is 16.4. The van der Waals surface area contributed by atoms with E-state index in [0.717, 1.165) is 60.7 Å². The number of carbonyl (C=O) groups is 4. The summed E-state index contributed by atoms with van der Waals surface area (Å²) >= 11 is 0. The molecule has 2 aliphatic heterocycles. The molecule has 3 aliphatic carbocycles. The number of aromatic nitrogens is 3. The first kappa shape index (κ1) is 42.7. The standard InChI is InChI=1S/C50H55F2N7O6/c1-25(2)41(56-47(62)64-5)45(60)58-24-49(15-16-49)22-40(58)44-53-23-39(55-44)29-11-14-34-33-13-10-27(18-35(33)50(51,52)36(34)19-29)28-7-8-30-21-38(54-37(30)20-28)43-31-9-12-32(17-31)59(43)46(61)42(26(3)4)57-48(63)65-6/h7-8,10-11,13-14,18-21,23,25-26,31-32,40-43,54H,9,12,15-17,22,24H2,1-6H3,(H,53,55)(H,56,62)(H,57,63)/t31-,32+,40-,41?,42?,43-/m0/s1. The molecule has 340 valence electrons. The maximum atomic E-state index is 16.7. The molecule has 10 rings (SSSR count). The zero-order valence-electron chi connectivity index (χ0n) is 37.5. The molecule has 0 radical (unpaired) electrons. The van der Waals surface area contributed by atoms with Gasteiger partial charge in [0.25, 0.3) is 5.92 Å². The first-order valence-corrected chi connectivity index (χ1v) is 22.8. The number of methoxy groups -OCH3 is 2. The first-order valence-electron chi connectivity index (χ1n) is 22.8. The third-order valence-corrected chi connectivity index (χ3v) is 14.9. The molecular weight excluding hydrogens is 833 g/mol. The number of ether oxygens (including phenoxy) is 2. The van der Waals surface area contributed by atoms with Crippen LogP contribution in [0.5, 0.6) is 0 Å². The molecule has 2 unspecified atom stereocenters. The number of halogens is 2. The number of aromatic amines is 2. The average Bonchev–Trinajstić information content (AvgIpc) is 3.95. The third-order valence-electron chi connectivity index (χ3n) is 14.9. The van der Waals surface area contributed by atoms with Crippen LogP contribution < -0.4 is 10.6 Å². The number of rotatable bonds is 10. The second-order valence-corrected chi connectivity index (χ2v) is 19.6. The lowest BCUT2D eigenvalue weighted by Crippen LogP contribution is -2.53. The Hall–Kier alpha value is -6.25. The number of likely N-dealkylation sites (tertiary alicyclic amines) is 2. The number of amides is 4. The minimum absolute atomic E-state index is 0.0133. The molecule has 4 heterocycles. The molecule has 4 amide bonds. The molecule has 5 aromatic rings. The summed E-state index contributed by atoms with van der Waals surface area (Å²) < 4.78 is 43.0. The smallest absolute Gasteiger partial charge is 0.407 e. The van der Waals surface area contributed by atoms with Crippen LogP contribution in [0.4, 0.5) is 18.4 Å². The number of nitrogens with zero attached hydrogens (tertiary/aromatic N) is 3. The molecule has 5 aliphatic rings. The fraction of sp³-hybridized carbons (Fsp3) is 0.460. The Morgan fingerprint density at radius 3 is 2.05 bits per heavy atom. The number of piperidine rings is 1. The van der Waals surface area contributed by atoms with Gasteiger partial charge in [0.05, 0.1) is 38.2 Å². The summed E-state index contributed by atoms with van der Waals surface area (Å²) in [5, 5.41) is 6.41. The largest absolute Gasteiger partial charge is 0.453 e. The van der Waals surface area contributed by atoms with Gasteiger partial charge < -0.3 is 39.9 Å². The van der Waals surface area contributed by atoms with E-state index in [4.69, 9.17) is 14.5 Å². The van der Waals surface area contributed by atoms with Crippen molar-refractivity contribution in [2.45, 2.75) is 102 Å². The quantitative estimate of drug-likeness (QED) is 0.109. The van der Waals surface area contributed by atoms with Gasteiger partial charge in [-0.05, 0) is 114 Å². The van der Waals surface area contributed by atoms with Crippen molar-refractivity contribution in [3.05, 3.63) is 89.5 Å². The van der Waals surface area contributed by atoms with Crippen molar-refractivity contribution >= 4 is 34.9 Å². The molecule has 2 bridgehead atoms. The maximum absolute atomic E-state index is 16.7. The number of benzene rings is 3. The van der Waals surface area contributed by atoms with E-state index < -0.39 is 30.2 Å². The second-order valence-electron chi connectivity index (χ2n) is 19.6. The maximum Gasteiger partial charge on any atom is 0.407 e. The molecule has 2 aromatic heterocycles. The van der Waals surface area contributed by atoms with E-state index in [0.29, 0.717) is 40.3 Å². The van der Waals surface area contributed by atoms with Crippen LogP contribution in [-0.2, 0) is 25.0 Å². The lowest BCUT2D eigenvalue weighted by Gasteiger charge is -2.38. The zero-order chi connectivity index (χ0) is 45.7. The molecule has 4 N–H and O–H groups in total. The van der Waals surface area contributed by atoms with E-state index in [2.05, 4.69) is 26.7 Å². The van der Waals surface area contributed by atoms with E-state index in [9.17, 15) is 19.2 Å². The summed E-state index contributed by atoms with van der Waals surface area (Å²) in [4.78, 5) is 67.9. The topological polar surface area (TPSA) is 162 Å². The summed E-state index contributed by atoms with van der Waals surface area (Å²) in [5.41, 5.74) is 5.14. The predicted molar refractivity (Wildman–Crippen MR) is 240 cm³/mol. The molecule has 15 heteroatoms. The van der Waals surface area contributed by atoms with Crippen LogP contribution in [0, 0.1) is 23.2 Å². The van der Waals surface area contributed by atoms with Gasteiger partial charge in [-0.1, -0.05) is 64.1 Å². The number of fused-ring (bicyclic) bond motifs is 6. The highest BCUT2D eigenvalue weighted by molar-refractivity contribution is 5.90. The Morgan fingerprint density at radius 1 is 0.785 bits per heavy atom. The van der Waals surface area contributed by atoms with E-state index in [1.54, 1.807) is 29.3 Å². The minimum Gasteiger partial charge on any atom is -0.453 e. The summed E-state index contributed by atoms with van der Waals surface area (Å²) in [6.45, 7) is 8.12. The monoisotopic (exact) mass is 887 g/mol. The number of H-pyrrole nitrogens is 2. The molecule has 3 aromatic carbocycles. The zero-order valence-corrected chi connectivity index (χ0v) is 37.5. The summed E-state index contributed by atoms with van der Waals surface area (Å²) in [5.74, 6) is -3.05. The van der Waals surface area contributed by atoms with Crippen LogP contribution >= 0.6 is 0 Å². The Morgan fingerprint density at radius 2 is 1.40 bits per heavy atom. The van der Waals surface area contributed by atoms with Crippen molar-refractivity contribution < 1.29 is 37.4 Å². The van der Waals surface area contributed by atoms with Gasteiger partial charge in [-0.25, -0.2) is 14.6 Å². The third kappa shape index (κ3) is 7.21. The number of nitrogens with one attached hydrogen (secondary N) is 4. The van der Waals surface area contributed by atoms with Crippen LogP contribution in [0.25, 0.3) is 44.4 Å². The van der Waals surface area contributed by atoms with Gasteiger partial charge in [-0.15, -0.1) is 0 Å². The molecule has 4 fully saturated rings. The molecule has 6 atom stereocenters. The second kappa shape index (κ2) is 15.7. The van der Waals surface area contributed by atoms with Crippen molar-refractivity contribution in [3.63, 3.8) is 0 Å². The predicted octanol–water partition coefficient (Wildman–Crippen LogP) is 9.21. The van der Waals surface area contributed by atoms with E-state index in [1.165, 1.54) is 20.3 Å². The van der Waals surface area contributed by atoms with Crippen molar-refractivity contribution in [1.29, 1.82) is 0 Å². The lowest BCUT2D eigenvalue weighted by molar-refractivity contribution is -0.139. The molecule has 2 saturated heterocycles. The highest BCUT2D eigenvalue weighted by Gasteiger charge is 2.55. The Labute approximate surface area is 376 Å². The Kier molecular flexibility index (Phi) is 10.3. The van der Waals surface area contributed by atoms with Gasteiger partial charge in [0, 0.05) is 40.5 Å². The average molecular weight is 888 g/mol. The fourth-order valence-corrected chi connectivity index (χ4v) is 11.2. The molecule has 13 nitrogen and oxygen atoms in total. The highest BCUT2D eigenvalue weighted by atomic mass is 19.3. The van der Waals surface area contributed by atoms with Gasteiger partial charge in [0.2, 0.25) is 11.8 Å². The van der Waals surface area contributed by atoms with Gasteiger partial charge in [-0.2, -0.15) is 8.78 Å². The van der Waals surface area contributed by atoms with Gasteiger partial charge in [-0.3, -0.25) is 9.59 Å². The number of hydrogen-bond acceptors (Lipinski definition) is 7. The molecular formula is C50H55F2N7O6. The Balaban J connectivity index is 0.896. The van der Waals surface area contributed by atoms with E-state index in [-0.39, 0.29) is 64.2 Å². The van der Waals surface area contributed by atoms with Crippen molar-refractivity contribution in [3.8, 4) is 33.5 Å². The fourth-order valence-electron chi connectivity index (χ4n) is 11.2. The number of carbonyl (C=O) groups excluding carboxylic acids is 4. The molecule has 1 spiro atoms. The van der Waals surface area contributed by atoms with E-state index >= 15 is 8.78 Å². The molecule has 65 heavy (non-hydrogen) atoms.